The van der Waals surface area contributed by atoms with Crippen molar-refractivity contribution in [1.29, 1.82) is 0 Å². The Kier molecular flexibility index (Phi) is 3.86. The molecule has 3 N–H and O–H groups in total. The van der Waals surface area contributed by atoms with Gasteiger partial charge in [0, 0.05) is 24.4 Å². The number of nitrogens with one attached hydrogen (secondary N) is 2. The van der Waals surface area contributed by atoms with Gasteiger partial charge in [-0.2, -0.15) is 0 Å². The first-order valence-corrected chi connectivity index (χ1v) is 7.38. The van der Waals surface area contributed by atoms with Crippen LogP contribution in [0.25, 0.3) is 0 Å². The number of aryl methyl sites for hydroxylation is 1. The molecule has 7 heteroatoms. The van der Waals surface area contributed by atoms with E-state index in [2.05, 4.69) is 10.2 Å². The molecule has 21 heavy (non-hydrogen) atoms. The van der Waals surface area contributed by atoms with E-state index in [0.717, 1.165) is 12.8 Å². The SMILES string of the molecule is Cc1[nH][nH]c(=O)c1CC(=O)N1CCO[C@H]2C[C@H](CO)C[C@@H]21. The molecule has 1 amide bonds. The quantitative estimate of drug-likeness (QED) is 0.703. The van der Waals surface area contributed by atoms with Crippen LogP contribution in [-0.2, 0) is 16.0 Å². The van der Waals surface area contributed by atoms with Gasteiger partial charge in [0.2, 0.25) is 5.91 Å². The lowest BCUT2D eigenvalue weighted by molar-refractivity contribution is -0.143. The molecule has 0 unspecified atom stereocenters. The van der Waals surface area contributed by atoms with Crippen LogP contribution in [0.5, 0.6) is 0 Å². The summed E-state index contributed by atoms with van der Waals surface area (Å²) in [6.07, 6.45) is 1.70. The van der Waals surface area contributed by atoms with Crippen molar-refractivity contribution >= 4 is 5.91 Å². The molecule has 1 saturated carbocycles. The Bertz CT molecular complexity index is 579. The maximum Gasteiger partial charge on any atom is 0.267 e. The summed E-state index contributed by atoms with van der Waals surface area (Å²) in [6, 6.07) is 0.0294. The largest absolute Gasteiger partial charge is 0.396 e. The van der Waals surface area contributed by atoms with Crippen LogP contribution >= 0.6 is 0 Å². The average molecular weight is 295 g/mol. The normalized spacial score (nSPS) is 28.7. The van der Waals surface area contributed by atoms with Crippen LogP contribution in [0.4, 0.5) is 0 Å². The van der Waals surface area contributed by atoms with E-state index in [-0.39, 0.29) is 42.6 Å². The number of carbonyl (C=O) groups is 1. The molecule has 116 valence electrons. The summed E-state index contributed by atoms with van der Waals surface area (Å²) >= 11 is 0. The summed E-state index contributed by atoms with van der Waals surface area (Å²) in [6.45, 7) is 2.99. The van der Waals surface area contributed by atoms with E-state index in [9.17, 15) is 14.7 Å². The summed E-state index contributed by atoms with van der Waals surface area (Å²) in [5, 5.41) is 14.5. The van der Waals surface area contributed by atoms with Gasteiger partial charge in [-0.25, -0.2) is 0 Å². The van der Waals surface area contributed by atoms with Crippen molar-refractivity contribution in [3.05, 3.63) is 21.6 Å². The maximum atomic E-state index is 12.5. The van der Waals surface area contributed by atoms with Crippen LogP contribution in [0.2, 0.25) is 0 Å². The lowest BCUT2D eigenvalue weighted by atomic mass is 10.1. The monoisotopic (exact) mass is 295 g/mol. The molecular formula is C14H21N3O4. The molecule has 1 aromatic heterocycles. The highest BCUT2D eigenvalue weighted by Gasteiger charge is 2.42. The Morgan fingerprint density at radius 2 is 2.24 bits per heavy atom. The van der Waals surface area contributed by atoms with Gasteiger partial charge in [0.25, 0.3) is 5.56 Å². The molecule has 0 aromatic carbocycles. The van der Waals surface area contributed by atoms with Gasteiger partial charge in [-0.15, -0.1) is 0 Å². The number of morpholine rings is 1. The molecule has 2 fully saturated rings. The molecule has 2 heterocycles. The van der Waals surface area contributed by atoms with E-state index in [1.54, 1.807) is 6.92 Å². The standard InChI is InChI=1S/C14H21N3O4/c1-8-10(14(20)16-15-8)6-13(19)17-2-3-21-12-5-9(7-18)4-11(12)17/h9,11-12,18H,2-7H2,1H3,(H2,15,16,20)/t9-,11+,12+/m1/s1. The number of H-pyrrole nitrogens is 2. The Labute approximate surface area is 122 Å². The zero-order valence-electron chi connectivity index (χ0n) is 12.1. The number of nitrogens with zero attached hydrogens (tertiary/aromatic N) is 1. The third-order valence-electron chi connectivity index (χ3n) is 4.63. The van der Waals surface area contributed by atoms with Gasteiger partial charge in [-0.05, 0) is 25.7 Å². The van der Waals surface area contributed by atoms with Gasteiger partial charge in [0.05, 0.1) is 25.2 Å². The highest BCUT2D eigenvalue weighted by Crippen LogP contribution is 2.34. The second-order valence-corrected chi connectivity index (χ2v) is 5.94. The molecule has 3 atom stereocenters. The second kappa shape index (κ2) is 5.65. The van der Waals surface area contributed by atoms with E-state index in [4.69, 9.17) is 4.74 Å². The number of ether oxygens (including phenoxy) is 1. The molecule has 1 aliphatic heterocycles. The number of fused-ring (bicyclic) bond motifs is 1. The third-order valence-corrected chi connectivity index (χ3v) is 4.63. The predicted molar refractivity (Wildman–Crippen MR) is 74.9 cm³/mol. The van der Waals surface area contributed by atoms with Crippen LogP contribution in [0, 0.1) is 12.8 Å². The number of aromatic amines is 2. The smallest absolute Gasteiger partial charge is 0.267 e. The summed E-state index contributed by atoms with van der Waals surface area (Å²) in [4.78, 5) is 26.0. The van der Waals surface area contributed by atoms with Gasteiger partial charge >= 0.3 is 0 Å². The highest BCUT2D eigenvalue weighted by atomic mass is 16.5. The minimum absolute atomic E-state index is 0.0189. The Balaban J connectivity index is 1.73. The fourth-order valence-corrected chi connectivity index (χ4v) is 3.45. The lowest BCUT2D eigenvalue weighted by Gasteiger charge is -2.37. The number of aliphatic hydroxyl groups excluding tert-OH is 1. The molecule has 0 bridgehead atoms. The number of hydrogen-bond acceptors (Lipinski definition) is 4. The zero-order chi connectivity index (χ0) is 15.0. The summed E-state index contributed by atoms with van der Waals surface area (Å²) in [5.41, 5.74) is 0.975. The summed E-state index contributed by atoms with van der Waals surface area (Å²) in [7, 11) is 0. The van der Waals surface area contributed by atoms with Gasteiger partial charge < -0.3 is 19.8 Å². The van der Waals surface area contributed by atoms with Crippen LogP contribution < -0.4 is 5.56 Å². The molecule has 2 aliphatic rings. The van der Waals surface area contributed by atoms with E-state index in [1.165, 1.54) is 0 Å². The van der Waals surface area contributed by atoms with Crippen molar-refractivity contribution in [3.8, 4) is 0 Å². The van der Waals surface area contributed by atoms with Gasteiger partial charge in [0.1, 0.15) is 0 Å². The maximum absolute atomic E-state index is 12.5. The van der Waals surface area contributed by atoms with Crippen molar-refractivity contribution < 1.29 is 14.6 Å². The van der Waals surface area contributed by atoms with Crippen molar-refractivity contribution in [1.82, 2.24) is 15.1 Å². The molecule has 3 rings (SSSR count). The minimum Gasteiger partial charge on any atom is -0.396 e. The number of carbonyl (C=O) groups excluding carboxylic acids is 1. The molecule has 0 radical (unpaired) electrons. The van der Waals surface area contributed by atoms with Crippen molar-refractivity contribution in [2.45, 2.75) is 38.3 Å². The molecule has 1 aromatic rings. The van der Waals surface area contributed by atoms with E-state index < -0.39 is 0 Å². The number of rotatable bonds is 3. The van der Waals surface area contributed by atoms with E-state index >= 15 is 0 Å². The predicted octanol–water partition coefficient (Wildman–Crippen LogP) is -0.448. The van der Waals surface area contributed by atoms with E-state index in [0.29, 0.717) is 24.4 Å². The minimum atomic E-state index is -0.231. The van der Waals surface area contributed by atoms with Gasteiger partial charge in [-0.1, -0.05) is 0 Å². The van der Waals surface area contributed by atoms with Crippen LogP contribution in [0.15, 0.2) is 4.79 Å². The first-order valence-electron chi connectivity index (χ1n) is 7.38. The zero-order valence-corrected chi connectivity index (χ0v) is 12.1. The molecule has 7 nitrogen and oxygen atoms in total. The van der Waals surface area contributed by atoms with Crippen LogP contribution in [-0.4, -0.2) is 58.0 Å². The first-order chi connectivity index (χ1) is 10.1. The van der Waals surface area contributed by atoms with Crippen LogP contribution in [0.1, 0.15) is 24.1 Å². The highest BCUT2D eigenvalue weighted by molar-refractivity contribution is 5.79. The van der Waals surface area contributed by atoms with Gasteiger partial charge in [0.15, 0.2) is 0 Å². The fourth-order valence-electron chi connectivity index (χ4n) is 3.45. The fraction of sp³-hybridized carbons (Fsp3) is 0.714. The lowest BCUT2D eigenvalue weighted by Crippen LogP contribution is -2.51. The van der Waals surface area contributed by atoms with Crippen molar-refractivity contribution in [2.75, 3.05) is 19.8 Å². The van der Waals surface area contributed by atoms with Crippen molar-refractivity contribution in [3.63, 3.8) is 0 Å². The van der Waals surface area contributed by atoms with E-state index in [1.807, 2.05) is 4.90 Å². The Morgan fingerprint density at radius 3 is 2.90 bits per heavy atom. The van der Waals surface area contributed by atoms with Crippen LogP contribution in [0.3, 0.4) is 0 Å². The van der Waals surface area contributed by atoms with Crippen molar-refractivity contribution in [2.24, 2.45) is 5.92 Å². The number of amides is 1. The average Bonchev–Trinajstić information content (AvgIpc) is 3.04. The topological polar surface area (TPSA) is 98.4 Å². The third kappa shape index (κ3) is 2.63. The number of aromatic nitrogens is 2. The molecule has 1 aliphatic carbocycles. The number of aliphatic hydroxyl groups is 1. The van der Waals surface area contributed by atoms with Gasteiger partial charge in [-0.3, -0.25) is 14.7 Å². The molecule has 0 spiro atoms. The Hall–Kier alpha value is -1.60. The first kappa shape index (κ1) is 14.3. The number of hydrogen-bond donors (Lipinski definition) is 3. The second-order valence-electron chi connectivity index (χ2n) is 5.94. The Morgan fingerprint density at radius 1 is 1.43 bits per heavy atom. The molecule has 1 saturated heterocycles. The summed E-state index contributed by atoms with van der Waals surface area (Å²) < 4.78 is 5.72. The summed E-state index contributed by atoms with van der Waals surface area (Å²) in [5.74, 6) is 0.158. The molecular weight excluding hydrogens is 274 g/mol.